The zero-order valence-electron chi connectivity index (χ0n) is 8.42. The van der Waals surface area contributed by atoms with E-state index >= 15 is 0 Å². The fourth-order valence-corrected chi connectivity index (χ4v) is 1.28. The summed E-state index contributed by atoms with van der Waals surface area (Å²) in [6, 6.07) is 9.40. The zero-order valence-corrected chi connectivity index (χ0v) is 8.42. The van der Waals surface area contributed by atoms with Gasteiger partial charge in [0.1, 0.15) is 18.0 Å². The van der Waals surface area contributed by atoms with Gasteiger partial charge in [0, 0.05) is 5.69 Å². The van der Waals surface area contributed by atoms with Crippen molar-refractivity contribution in [1.82, 2.24) is 9.97 Å². The van der Waals surface area contributed by atoms with Gasteiger partial charge in [-0.2, -0.15) is 0 Å². The second-order valence-corrected chi connectivity index (χ2v) is 3.13. The van der Waals surface area contributed by atoms with Crippen LogP contribution < -0.4 is 11.1 Å². The number of aldehydes is 1. The molecule has 3 N–H and O–H groups in total. The second-order valence-electron chi connectivity index (χ2n) is 3.13. The van der Waals surface area contributed by atoms with E-state index in [4.69, 9.17) is 5.73 Å². The lowest BCUT2D eigenvalue weighted by molar-refractivity contribution is 0.112. The van der Waals surface area contributed by atoms with Gasteiger partial charge >= 0.3 is 0 Å². The number of anilines is 3. The van der Waals surface area contributed by atoms with Crippen LogP contribution in [0.1, 0.15) is 10.4 Å². The van der Waals surface area contributed by atoms with Gasteiger partial charge in [0.25, 0.3) is 0 Å². The summed E-state index contributed by atoms with van der Waals surface area (Å²) < 4.78 is 0. The van der Waals surface area contributed by atoms with E-state index < -0.39 is 0 Å². The molecule has 1 heterocycles. The summed E-state index contributed by atoms with van der Waals surface area (Å²) in [5, 5.41) is 3.00. The van der Waals surface area contributed by atoms with E-state index in [1.165, 1.54) is 6.33 Å². The van der Waals surface area contributed by atoms with Gasteiger partial charge in [-0.25, -0.2) is 9.97 Å². The van der Waals surface area contributed by atoms with E-state index in [0.717, 1.165) is 5.69 Å². The predicted octanol–water partition coefficient (Wildman–Crippen LogP) is 1.61. The number of nitrogen functional groups attached to an aromatic ring is 1. The van der Waals surface area contributed by atoms with E-state index in [1.807, 2.05) is 30.3 Å². The monoisotopic (exact) mass is 214 g/mol. The molecular formula is C11H10N4O. The number of nitrogens with zero attached hydrogens (tertiary/aromatic N) is 2. The molecule has 2 aromatic rings. The first-order valence-electron chi connectivity index (χ1n) is 4.69. The highest BCUT2D eigenvalue weighted by atomic mass is 16.1. The summed E-state index contributed by atoms with van der Waals surface area (Å²) in [7, 11) is 0. The van der Waals surface area contributed by atoms with Gasteiger partial charge in [-0.1, -0.05) is 18.2 Å². The molecule has 0 radical (unpaired) electrons. The molecule has 0 aliphatic rings. The third kappa shape index (κ3) is 1.98. The predicted molar refractivity (Wildman–Crippen MR) is 61.6 cm³/mol. The third-order valence-electron chi connectivity index (χ3n) is 2.07. The van der Waals surface area contributed by atoms with Crippen LogP contribution in [0.15, 0.2) is 36.7 Å². The molecule has 0 aliphatic heterocycles. The molecule has 0 bridgehead atoms. The minimum atomic E-state index is 0.170. The Morgan fingerprint density at radius 1 is 1.19 bits per heavy atom. The van der Waals surface area contributed by atoms with Crippen LogP contribution in [0.2, 0.25) is 0 Å². The van der Waals surface area contributed by atoms with Gasteiger partial charge < -0.3 is 11.1 Å². The molecule has 5 heteroatoms. The number of benzene rings is 1. The first-order chi connectivity index (χ1) is 7.81. The summed E-state index contributed by atoms with van der Waals surface area (Å²) in [5.41, 5.74) is 6.67. The number of nitrogens with two attached hydrogens (primary N) is 1. The molecule has 0 atom stereocenters. The Labute approximate surface area is 92.3 Å². The van der Waals surface area contributed by atoms with Crippen molar-refractivity contribution in [3.63, 3.8) is 0 Å². The Bertz CT molecular complexity index is 499. The fraction of sp³-hybridized carbons (Fsp3) is 0. The van der Waals surface area contributed by atoms with Crippen LogP contribution in [0.25, 0.3) is 0 Å². The van der Waals surface area contributed by atoms with Crippen LogP contribution in [-0.4, -0.2) is 16.3 Å². The Balaban J connectivity index is 2.35. The van der Waals surface area contributed by atoms with Crippen molar-refractivity contribution >= 4 is 23.6 Å². The van der Waals surface area contributed by atoms with Crippen molar-refractivity contribution in [1.29, 1.82) is 0 Å². The number of carbonyl (C=O) groups excluding carboxylic acids is 1. The van der Waals surface area contributed by atoms with E-state index in [1.54, 1.807) is 0 Å². The third-order valence-corrected chi connectivity index (χ3v) is 2.07. The van der Waals surface area contributed by atoms with Crippen LogP contribution >= 0.6 is 0 Å². The van der Waals surface area contributed by atoms with Crippen molar-refractivity contribution in [3.8, 4) is 0 Å². The molecule has 0 fully saturated rings. The van der Waals surface area contributed by atoms with Gasteiger partial charge in [0.2, 0.25) is 0 Å². The first-order valence-corrected chi connectivity index (χ1v) is 4.69. The number of hydrogen-bond donors (Lipinski definition) is 2. The molecule has 1 aromatic heterocycles. The number of hydrogen-bond acceptors (Lipinski definition) is 5. The molecule has 0 aliphatic carbocycles. The summed E-state index contributed by atoms with van der Waals surface area (Å²) in [6.07, 6.45) is 1.95. The number of para-hydroxylation sites is 1. The molecular weight excluding hydrogens is 204 g/mol. The maximum Gasteiger partial charge on any atom is 0.157 e. The van der Waals surface area contributed by atoms with Gasteiger partial charge in [0.15, 0.2) is 6.29 Å². The average Bonchev–Trinajstić information content (AvgIpc) is 2.31. The van der Waals surface area contributed by atoms with Gasteiger partial charge in [-0.15, -0.1) is 0 Å². The quantitative estimate of drug-likeness (QED) is 0.759. The Morgan fingerprint density at radius 2 is 1.94 bits per heavy atom. The van der Waals surface area contributed by atoms with Crippen LogP contribution in [0.5, 0.6) is 0 Å². The summed E-state index contributed by atoms with van der Waals surface area (Å²) in [4.78, 5) is 18.6. The Hall–Kier alpha value is -2.43. The highest BCUT2D eigenvalue weighted by Gasteiger charge is 2.07. The highest BCUT2D eigenvalue weighted by molar-refractivity contribution is 5.89. The van der Waals surface area contributed by atoms with Crippen LogP contribution in [0.4, 0.5) is 17.3 Å². The molecule has 16 heavy (non-hydrogen) atoms. The molecule has 2 rings (SSSR count). The van der Waals surface area contributed by atoms with Crippen molar-refractivity contribution in [2.75, 3.05) is 11.1 Å². The number of nitrogens with one attached hydrogen (secondary N) is 1. The lowest BCUT2D eigenvalue weighted by Crippen LogP contribution is -2.04. The minimum Gasteiger partial charge on any atom is -0.383 e. The van der Waals surface area contributed by atoms with Crippen LogP contribution in [0, 0.1) is 0 Å². The lowest BCUT2D eigenvalue weighted by atomic mass is 10.2. The molecule has 1 aromatic carbocycles. The summed E-state index contributed by atoms with van der Waals surface area (Å²) in [6.45, 7) is 0. The first kappa shape index (κ1) is 10.1. The van der Waals surface area contributed by atoms with E-state index in [-0.39, 0.29) is 11.4 Å². The average molecular weight is 214 g/mol. The maximum atomic E-state index is 10.8. The molecule has 0 saturated carbocycles. The van der Waals surface area contributed by atoms with Crippen LogP contribution in [0.3, 0.4) is 0 Å². The standard InChI is InChI=1S/C11H10N4O/c12-10-9(6-16)11(14-7-13-10)15-8-4-2-1-3-5-8/h1-7H,(H3,12,13,14,15). The smallest absolute Gasteiger partial charge is 0.157 e. The number of carbonyl (C=O) groups is 1. The maximum absolute atomic E-state index is 10.8. The Kier molecular flexibility index (Phi) is 2.77. The summed E-state index contributed by atoms with van der Waals surface area (Å²) in [5.74, 6) is 0.581. The normalized spacial score (nSPS) is 9.75. The van der Waals surface area contributed by atoms with E-state index in [9.17, 15) is 4.79 Å². The van der Waals surface area contributed by atoms with Crippen molar-refractivity contribution in [3.05, 3.63) is 42.2 Å². The zero-order chi connectivity index (χ0) is 11.4. The van der Waals surface area contributed by atoms with E-state index in [0.29, 0.717) is 12.1 Å². The molecule has 80 valence electrons. The van der Waals surface area contributed by atoms with Crippen LogP contribution in [-0.2, 0) is 0 Å². The fourth-order valence-electron chi connectivity index (χ4n) is 1.28. The van der Waals surface area contributed by atoms with E-state index in [2.05, 4.69) is 15.3 Å². The SMILES string of the molecule is Nc1ncnc(Nc2ccccc2)c1C=O. The van der Waals surface area contributed by atoms with Gasteiger partial charge in [-0.05, 0) is 12.1 Å². The topological polar surface area (TPSA) is 80.9 Å². The van der Waals surface area contributed by atoms with Crippen molar-refractivity contribution in [2.24, 2.45) is 0 Å². The lowest BCUT2D eigenvalue weighted by Gasteiger charge is -2.07. The van der Waals surface area contributed by atoms with Crippen molar-refractivity contribution < 1.29 is 4.79 Å². The van der Waals surface area contributed by atoms with Crippen molar-refractivity contribution in [2.45, 2.75) is 0 Å². The largest absolute Gasteiger partial charge is 0.383 e. The summed E-state index contributed by atoms with van der Waals surface area (Å²) >= 11 is 0. The molecule has 0 amide bonds. The molecule has 5 nitrogen and oxygen atoms in total. The molecule has 0 unspecified atom stereocenters. The highest BCUT2D eigenvalue weighted by Crippen LogP contribution is 2.19. The molecule has 0 saturated heterocycles. The number of aromatic nitrogens is 2. The Morgan fingerprint density at radius 3 is 2.62 bits per heavy atom. The van der Waals surface area contributed by atoms with Gasteiger partial charge in [0.05, 0.1) is 5.56 Å². The van der Waals surface area contributed by atoms with Gasteiger partial charge in [-0.3, -0.25) is 4.79 Å². The second kappa shape index (κ2) is 4.39. The molecule has 0 spiro atoms. The minimum absolute atomic E-state index is 0.170. The number of rotatable bonds is 3.